The predicted molar refractivity (Wildman–Crippen MR) is 106 cm³/mol. The summed E-state index contributed by atoms with van der Waals surface area (Å²) in [5, 5.41) is 1.59. The van der Waals surface area contributed by atoms with Crippen LogP contribution in [0.4, 0.5) is 0 Å². The van der Waals surface area contributed by atoms with E-state index in [0.717, 1.165) is 10.0 Å². The maximum atomic E-state index is 7.56. The molecule has 0 saturated heterocycles. The Morgan fingerprint density at radius 3 is 0.840 bits per heavy atom. The van der Waals surface area contributed by atoms with Crippen LogP contribution in [0.15, 0.2) is 60.7 Å². The van der Waals surface area contributed by atoms with Gasteiger partial charge in [-0.25, -0.2) is 0 Å². The van der Waals surface area contributed by atoms with Gasteiger partial charge in [0.05, 0.1) is 0 Å². The molecule has 0 aliphatic rings. The van der Waals surface area contributed by atoms with Crippen LogP contribution in [0.3, 0.4) is 0 Å². The first-order valence-electron chi connectivity index (χ1n) is 5.76. The third kappa shape index (κ3) is 45.8. The summed E-state index contributed by atoms with van der Waals surface area (Å²) in [6.45, 7) is -7.61. The molecule has 13 heteroatoms. The van der Waals surface area contributed by atoms with Crippen LogP contribution in [0.1, 0.15) is 1.43 Å². The van der Waals surface area contributed by atoms with Gasteiger partial charge in [-0.1, -0.05) is 59.6 Å². The molecule has 6 nitrogen and oxygen atoms in total. The molecular weight excluding hydrogens is 460 g/mol. The second kappa shape index (κ2) is 17.2. The molecule has 6 N–H and O–H groups in total. The molecule has 0 atom stereocenters. The van der Waals surface area contributed by atoms with Crippen LogP contribution >= 0.6 is 36.6 Å². The molecule has 2 rings (SSSR count). The van der Waals surface area contributed by atoms with Crippen molar-refractivity contribution in [1.29, 1.82) is 0 Å². The fraction of sp³-hybridized carbons (Fsp3) is 0. The van der Waals surface area contributed by atoms with Crippen LogP contribution in [-0.4, -0.2) is 29.4 Å². The first-order valence-corrected chi connectivity index (χ1v) is 11.8. The molecule has 0 spiro atoms. The van der Waals surface area contributed by atoms with E-state index in [9.17, 15) is 0 Å². The standard InChI is InChI=1S/2C6H5Cl.Na.2H3O3PS.H/c2*7-6-4-2-1-3-5-6;;2*1-4(2,3)5;/h2*1-5H;;2*(H3,1,2,3,5);/q;;+1;;;-1. The smallest absolute Gasteiger partial charge is 1.00 e. The molecule has 0 radical (unpaired) electrons. The van der Waals surface area contributed by atoms with E-state index in [4.69, 9.17) is 52.6 Å². The molecule has 0 saturated carbocycles. The zero-order valence-corrected chi connectivity index (χ0v) is 19.9. The van der Waals surface area contributed by atoms with E-state index in [-0.39, 0.29) is 31.0 Å². The normalized spacial score (nSPS) is 9.60. The first-order chi connectivity index (χ1) is 10.8. The molecule has 2 aromatic rings. The molecule has 0 bridgehead atoms. The average Bonchev–Trinajstić information content (AvgIpc) is 2.37. The predicted octanol–water partition coefficient (Wildman–Crippen LogP) is 0.172. The van der Waals surface area contributed by atoms with E-state index >= 15 is 0 Å². The number of hydrogen-bond acceptors (Lipinski definition) is 2. The molecule has 0 heterocycles. The number of halogens is 2. The third-order valence-corrected chi connectivity index (χ3v) is 1.97. The second-order valence-electron chi connectivity index (χ2n) is 3.62. The third-order valence-electron chi connectivity index (χ3n) is 1.47. The Morgan fingerprint density at radius 2 is 0.760 bits per heavy atom. The molecule has 0 aliphatic carbocycles. The molecule has 0 amide bonds. The van der Waals surface area contributed by atoms with Gasteiger partial charge < -0.3 is 30.8 Å². The van der Waals surface area contributed by atoms with Crippen LogP contribution in [0.25, 0.3) is 0 Å². The molecule has 138 valence electrons. The van der Waals surface area contributed by atoms with Crippen LogP contribution in [0.2, 0.25) is 10.0 Å². The van der Waals surface area contributed by atoms with Gasteiger partial charge in [0.25, 0.3) is 0 Å². The molecule has 0 aliphatic heterocycles. The van der Waals surface area contributed by atoms with E-state index in [1.807, 2.05) is 60.7 Å². The van der Waals surface area contributed by atoms with Gasteiger partial charge in [-0.15, -0.1) is 0 Å². The summed E-state index contributed by atoms with van der Waals surface area (Å²) in [7, 11) is 0. The number of hydrogen-bond donors (Lipinski definition) is 6. The largest absolute Gasteiger partial charge is 1.00 e. The fourth-order valence-electron chi connectivity index (χ4n) is 0.829. The van der Waals surface area contributed by atoms with Crippen molar-refractivity contribution in [1.82, 2.24) is 0 Å². The van der Waals surface area contributed by atoms with Crippen LogP contribution < -0.4 is 29.6 Å². The van der Waals surface area contributed by atoms with Gasteiger partial charge in [0, 0.05) is 10.0 Å². The van der Waals surface area contributed by atoms with Crippen LogP contribution in [0, 0.1) is 0 Å². The maximum absolute atomic E-state index is 7.56. The summed E-state index contributed by atoms with van der Waals surface area (Å²) >= 11 is 18.3. The Labute approximate surface area is 190 Å². The summed E-state index contributed by atoms with van der Waals surface area (Å²) < 4.78 is 0. The molecular formula is C12H17Cl2NaO6P2S2. The van der Waals surface area contributed by atoms with Crippen molar-refractivity contribution in [3.63, 3.8) is 0 Å². The Balaban J connectivity index is -0.000000123. The van der Waals surface area contributed by atoms with Crippen molar-refractivity contribution in [3.05, 3.63) is 70.7 Å². The SMILES string of the molecule is Clc1ccccc1.Clc1ccccc1.OP(O)(O)=S.OP(O)(O)=S.[H-].[Na+]. The van der Waals surface area contributed by atoms with E-state index < -0.39 is 13.4 Å². The van der Waals surface area contributed by atoms with Gasteiger partial charge in [0.2, 0.25) is 0 Å². The quantitative estimate of drug-likeness (QED) is 0.235. The van der Waals surface area contributed by atoms with Gasteiger partial charge in [0.1, 0.15) is 0 Å². The summed E-state index contributed by atoms with van der Waals surface area (Å²) in [6.07, 6.45) is 0. The Bertz CT molecular complexity index is 575. The van der Waals surface area contributed by atoms with Crippen molar-refractivity contribution < 1.29 is 60.3 Å². The molecule has 25 heavy (non-hydrogen) atoms. The Morgan fingerprint density at radius 1 is 0.600 bits per heavy atom. The van der Waals surface area contributed by atoms with Crippen molar-refractivity contribution in [2.75, 3.05) is 0 Å². The van der Waals surface area contributed by atoms with E-state index in [0.29, 0.717) is 0 Å². The summed E-state index contributed by atoms with van der Waals surface area (Å²) in [4.78, 5) is 45.3. The average molecular weight is 477 g/mol. The molecule has 0 aromatic heterocycles. The van der Waals surface area contributed by atoms with Gasteiger partial charge >= 0.3 is 43.0 Å². The second-order valence-corrected chi connectivity index (χ2v) is 9.48. The summed E-state index contributed by atoms with van der Waals surface area (Å²) in [5.74, 6) is 0. The van der Waals surface area contributed by atoms with Crippen molar-refractivity contribution in [2.45, 2.75) is 0 Å². The number of benzene rings is 2. The van der Waals surface area contributed by atoms with Gasteiger partial charge in [-0.3, -0.25) is 0 Å². The molecule has 0 fully saturated rings. The van der Waals surface area contributed by atoms with E-state index in [2.05, 4.69) is 23.6 Å². The molecule has 2 aromatic carbocycles. The topological polar surface area (TPSA) is 121 Å². The Kier molecular flexibility index (Phi) is 21.2. The maximum Gasteiger partial charge on any atom is 1.00 e. The van der Waals surface area contributed by atoms with Crippen molar-refractivity contribution >= 4 is 60.3 Å². The van der Waals surface area contributed by atoms with Crippen LogP contribution in [-0.2, 0) is 23.6 Å². The fourth-order valence-corrected chi connectivity index (χ4v) is 1.12. The Hall–Kier alpha value is 1.08. The van der Waals surface area contributed by atoms with Crippen molar-refractivity contribution in [3.8, 4) is 0 Å². The monoisotopic (exact) mass is 476 g/mol. The molecule has 0 unspecified atom stereocenters. The number of rotatable bonds is 0. The summed E-state index contributed by atoms with van der Waals surface area (Å²) in [6, 6.07) is 18.9. The van der Waals surface area contributed by atoms with E-state index in [1.165, 1.54) is 0 Å². The minimum absolute atomic E-state index is 0. The van der Waals surface area contributed by atoms with Crippen molar-refractivity contribution in [2.24, 2.45) is 0 Å². The van der Waals surface area contributed by atoms with Gasteiger partial charge in [-0.2, -0.15) is 0 Å². The summed E-state index contributed by atoms with van der Waals surface area (Å²) in [5.41, 5.74) is 0. The zero-order valence-electron chi connectivity index (χ0n) is 13.9. The minimum Gasteiger partial charge on any atom is -1.00 e. The zero-order chi connectivity index (χ0) is 19.2. The van der Waals surface area contributed by atoms with Gasteiger partial charge in [0.15, 0.2) is 0 Å². The first kappa shape index (κ1) is 30.8. The van der Waals surface area contributed by atoms with E-state index in [1.54, 1.807) is 0 Å². The minimum atomic E-state index is -3.81. The van der Waals surface area contributed by atoms with Gasteiger partial charge in [-0.05, 0) is 47.9 Å². The van der Waals surface area contributed by atoms with Crippen LogP contribution in [0.5, 0.6) is 0 Å².